The molecule has 0 saturated heterocycles. The molecule has 0 atom stereocenters. The van der Waals surface area contributed by atoms with Gasteiger partial charge in [-0.2, -0.15) is 0 Å². The van der Waals surface area contributed by atoms with Crippen molar-refractivity contribution in [3.63, 3.8) is 0 Å². The van der Waals surface area contributed by atoms with Crippen LogP contribution in [0.2, 0.25) is 0 Å². The first kappa shape index (κ1) is 29.4. The van der Waals surface area contributed by atoms with Crippen LogP contribution < -0.4 is 18.5 Å². The summed E-state index contributed by atoms with van der Waals surface area (Å²) in [7, 11) is 0. The minimum absolute atomic E-state index is 0. The van der Waals surface area contributed by atoms with Gasteiger partial charge in [-0.1, -0.05) is 0 Å². The molecule has 6 heteroatoms. The molecule has 50 valence electrons. The van der Waals surface area contributed by atoms with E-state index in [4.69, 9.17) is 15.3 Å². The molecule has 0 aliphatic carbocycles. The first-order valence-electron chi connectivity index (χ1n) is 0.775. The second-order valence-electron chi connectivity index (χ2n) is 0.346. The molecule has 0 aromatic heterocycles. The molecule has 0 unspecified atom stereocenters. The third-order valence-corrected chi connectivity index (χ3v) is 0. The summed E-state index contributed by atoms with van der Waals surface area (Å²) in [4.78, 5) is 0. The summed E-state index contributed by atoms with van der Waals surface area (Å²) >= 11 is 0. The number of rotatable bonds is 0. The van der Waals surface area contributed by atoms with Crippen molar-refractivity contribution in [1.82, 2.24) is 18.5 Å². The van der Waals surface area contributed by atoms with Crippen molar-refractivity contribution in [3.8, 4) is 0 Å². The summed E-state index contributed by atoms with van der Waals surface area (Å²) in [5.41, 5.74) is 0. The highest BCUT2D eigenvalue weighted by atomic mass is 16.6. The molecule has 0 aromatic carbocycles. The van der Waals surface area contributed by atoms with Gasteiger partial charge in [-0.25, -0.2) is 0 Å². The van der Waals surface area contributed by atoms with Crippen LogP contribution in [-0.4, -0.2) is 21.8 Å². The first-order valence-corrected chi connectivity index (χ1v) is 0.775. The Bertz CT molecular complexity index is 14.9. The van der Waals surface area contributed by atoms with Crippen LogP contribution in [0.3, 0.4) is 0 Å². The van der Waals surface area contributed by atoms with E-state index in [1.165, 1.54) is 0 Å². The van der Waals surface area contributed by atoms with Crippen molar-refractivity contribution in [3.05, 3.63) is 0 Å². The van der Waals surface area contributed by atoms with Gasteiger partial charge in [0.05, 0.1) is 0 Å². The van der Waals surface area contributed by atoms with Crippen LogP contribution in [0.4, 0.5) is 0 Å². The third-order valence-electron chi connectivity index (χ3n) is 0. The van der Waals surface area contributed by atoms with Crippen LogP contribution in [0.5, 0.6) is 0 Å². The smallest absolute Gasteiger partial charge is 0.263 e. The topological polar surface area (TPSA) is 166 Å². The molecule has 0 spiro atoms. The average Bonchev–Trinajstić information content (AvgIpc) is 0.811. The van der Waals surface area contributed by atoms with Gasteiger partial charge in [-0.05, 0) is 0 Å². The van der Waals surface area contributed by atoms with E-state index in [1.807, 2.05) is 0 Å². The van der Waals surface area contributed by atoms with Crippen LogP contribution >= 0.6 is 0 Å². The Kier molecular flexibility index (Phi) is 72.1. The minimum Gasteiger partial charge on any atom is -0.346 e. The minimum atomic E-state index is -2.17. The van der Waals surface area contributed by atoms with Gasteiger partial charge in [0.15, 0.2) is 0 Å². The Hall–Kier alpha value is -0.240. The maximum Gasteiger partial charge on any atom is 0.263 e. The van der Waals surface area contributed by atoms with Gasteiger partial charge < -0.3 is 33.8 Å². The summed E-state index contributed by atoms with van der Waals surface area (Å²) in [5.74, 6) is 0. The van der Waals surface area contributed by atoms with E-state index in [0.717, 1.165) is 0 Å². The molecule has 0 radical (unpaired) electrons. The zero-order valence-electron chi connectivity index (χ0n) is 4.04. The zero-order chi connectivity index (χ0) is 3.58. The fraction of sp³-hybridized carbons (Fsp3) is 1.00. The van der Waals surface area contributed by atoms with Crippen LogP contribution in [0, 0.1) is 0 Å². The molecule has 0 amide bonds. The molecule has 0 saturated carbocycles. The van der Waals surface area contributed by atoms with Crippen molar-refractivity contribution in [1.29, 1.82) is 0 Å². The highest BCUT2D eigenvalue weighted by molar-refractivity contribution is 3.76. The van der Waals surface area contributed by atoms with Crippen LogP contribution in [0.15, 0.2) is 0 Å². The standard InChI is InChI=1S/CH4O3.3H3N/c2-1(3)4;;;/h1-4H;3*1H3. The Morgan fingerprint density at radius 3 is 0.714 bits per heavy atom. The second kappa shape index (κ2) is 17.1. The van der Waals surface area contributed by atoms with E-state index in [0.29, 0.717) is 0 Å². The van der Waals surface area contributed by atoms with Gasteiger partial charge in [0.25, 0.3) is 6.48 Å². The largest absolute Gasteiger partial charge is 0.346 e. The van der Waals surface area contributed by atoms with E-state index in [2.05, 4.69) is 0 Å². The summed E-state index contributed by atoms with van der Waals surface area (Å²) in [5, 5.41) is 21.5. The van der Waals surface area contributed by atoms with Gasteiger partial charge in [-0.15, -0.1) is 0 Å². The summed E-state index contributed by atoms with van der Waals surface area (Å²) < 4.78 is 0. The fourth-order valence-corrected chi connectivity index (χ4v) is 0. The normalized spacial score (nSPS) is 5.14. The van der Waals surface area contributed by atoms with Gasteiger partial charge in [0.2, 0.25) is 0 Å². The van der Waals surface area contributed by atoms with Crippen LogP contribution in [0.1, 0.15) is 0 Å². The fourth-order valence-electron chi connectivity index (χ4n) is 0. The highest BCUT2D eigenvalue weighted by Crippen LogP contribution is 1.49. The lowest BCUT2D eigenvalue weighted by Gasteiger charge is -1.80. The molecule has 0 aliphatic rings. The molecule has 0 rings (SSSR count). The molecular weight excluding hydrogens is 102 g/mol. The Morgan fingerprint density at radius 1 is 0.714 bits per heavy atom. The van der Waals surface area contributed by atoms with Gasteiger partial charge in [-0.3, -0.25) is 0 Å². The van der Waals surface area contributed by atoms with E-state index < -0.39 is 6.48 Å². The Balaban J connectivity index is -0.0000000150. The number of hydrogen-bond acceptors (Lipinski definition) is 6. The first-order chi connectivity index (χ1) is 1.73. The van der Waals surface area contributed by atoms with Crippen molar-refractivity contribution < 1.29 is 15.3 Å². The molecular formula is CH13N3O3. The van der Waals surface area contributed by atoms with Gasteiger partial charge in [0, 0.05) is 0 Å². The molecule has 7 heavy (non-hydrogen) atoms. The predicted octanol–water partition coefficient (Wildman–Crippen LogP) is -1.27. The van der Waals surface area contributed by atoms with E-state index in [-0.39, 0.29) is 18.5 Å². The van der Waals surface area contributed by atoms with E-state index >= 15 is 0 Å². The monoisotopic (exact) mass is 115 g/mol. The van der Waals surface area contributed by atoms with Crippen LogP contribution in [-0.2, 0) is 0 Å². The molecule has 0 fully saturated rings. The Morgan fingerprint density at radius 2 is 0.714 bits per heavy atom. The van der Waals surface area contributed by atoms with Crippen LogP contribution in [0.25, 0.3) is 0 Å². The lowest BCUT2D eigenvalue weighted by molar-refractivity contribution is -0.198. The second-order valence-corrected chi connectivity index (χ2v) is 0.346. The molecule has 0 heterocycles. The molecule has 0 bridgehead atoms. The lowest BCUT2D eigenvalue weighted by atomic mass is 11.4. The third kappa shape index (κ3) is 1410. The molecule has 0 aliphatic heterocycles. The quantitative estimate of drug-likeness (QED) is 0.215. The van der Waals surface area contributed by atoms with Gasteiger partial charge in [0.1, 0.15) is 0 Å². The van der Waals surface area contributed by atoms with Gasteiger partial charge >= 0.3 is 0 Å². The van der Waals surface area contributed by atoms with E-state index in [1.54, 1.807) is 0 Å². The van der Waals surface area contributed by atoms with Crippen molar-refractivity contribution in [2.24, 2.45) is 0 Å². The van der Waals surface area contributed by atoms with Crippen molar-refractivity contribution in [2.45, 2.75) is 6.48 Å². The Labute approximate surface area is 41.5 Å². The summed E-state index contributed by atoms with van der Waals surface area (Å²) in [6, 6.07) is 0. The maximum absolute atomic E-state index is 7.17. The number of hydrogen-bond donors (Lipinski definition) is 6. The van der Waals surface area contributed by atoms with Crippen molar-refractivity contribution in [2.75, 3.05) is 0 Å². The average molecular weight is 115 g/mol. The predicted molar refractivity (Wildman–Crippen MR) is 25.5 cm³/mol. The number of aliphatic hydroxyl groups excluding tert-OH is 1. The molecule has 0 aromatic rings. The highest BCUT2D eigenvalue weighted by Gasteiger charge is 1.72. The van der Waals surface area contributed by atoms with Crippen molar-refractivity contribution >= 4 is 0 Å². The lowest BCUT2D eigenvalue weighted by Crippen LogP contribution is -1.98. The summed E-state index contributed by atoms with van der Waals surface area (Å²) in [6.45, 7) is -2.17. The molecule has 12 N–H and O–H groups in total. The zero-order valence-corrected chi connectivity index (χ0v) is 4.04. The molecule has 6 nitrogen and oxygen atoms in total. The number of aliphatic hydroxyl groups is 3. The summed E-state index contributed by atoms with van der Waals surface area (Å²) in [6.07, 6.45) is 0. The van der Waals surface area contributed by atoms with E-state index in [9.17, 15) is 0 Å². The SMILES string of the molecule is N.N.N.OC(O)O. The maximum atomic E-state index is 7.17.